The highest BCUT2D eigenvalue weighted by atomic mass is 16.5. The number of aliphatic hydroxyl groups is 1. The summed E-state index contributed by atoms with van der Waals surface area (Å²) in [6.07, 6.45) is 1.41. The lowest BCUT2D eigenvalue weighted by molar-refractivity contribution is 0.0594. The van der Waals surface area contributed by atoms with E-state index in [2.05, 4.69) is 24.4 Å². The third-order valence-corrected chi connectivity index (χ3v) is 3.63. The van der Waals surface area contributed by atoms with E-state index >= 15 is 0 Å². The molecule has 5 heteroatoms. The van der Waals surface area contributed by atoms with E-state index in [-0.39, 0.29) is 6.10 Å². The van der Waals surface area contributed by atoms with Crippen molar-refractivity contribution in [3.8, 4) is 11.5 Å². The minimum atomic E-state index is -0.423. The molecule has 2 N–H and O–H groups in total. The lowest BCUT2D eigenvalue weighted by atomic mass is 10.1. The van der Waals surface area contributed by atoms with Gasteiger partial charge < -0.3 is 24.6 Å². The highest BCUT2D eigenvalue weighted by Crippen LogP contribution is 2.34. The maximum Gasteiger partial charge on any atom is 0.123 e. The van der Waals surface area contributed by atoms with Gasteiger partial charge in [-0.3, -0.25) is 0 Å². The second kappa shape index (κ2) is 7.64. The summed E-state index contributed by atoms with van der Waals surface area (Å²) in [7, 11) is 3.28. The third-order valence-electron chi connectivity index (χ3n) is 3.63. The average Bonchev–Trinajstić information content (AvgIpc) is 2.81. The van der Waals surface area contributed by atoms with Gasteiger partial charge in [0.25, 0.3) is 0 Å². The van der Waals surface area contributed by atoms with Crippen LogP contribution in [-0.2, 0) is 17.7 Å². The second-order valence-electron chi connectivity index (χ2n) is 5.48. The molecule has 0 saturated carbocycles. The summed E-state index contributed by atoms with van der Waals surface area (Å²) in [5.74, 6) is 1.84. The third kappa shape index (κ3) is 4.33. The fourth-order valence-electron chi connectivity index (χ4n) is 2.58. The molecule has 2 atom stereocenters. The number of aliphatic hydroxyl groups excluding tert-OH is 1. The highest BCUT2D eigenvalue weighted by molar-refractivity contribution is 5.48. The summed E-state index contributed by atoms with van der Waals surface area (Å²) < 4.78 is 16.1. The van der Waals surface area contributed by atoms with Crippen molar-refractivity contribution in [1.82, 2.24) is 5.32 Å². The van der Waals surface area contributed by atoms with Crippen LogP contribution in [0, 0.1) is 0 Å². The van der Waals surface area contributed by atoms with Crippen molar-refractivity contribution in [2.75, 3.05) is 27.4 Å². The minimum absolute atomic E-state index is 0.233. The first kappa shape index (κ1) is 16.1. The fraction of sp³-hybridized carbons (Fsp3) is 0.625. The van der Waals surface area contributed by atoms with Crippen LogP contribution in [-0.4, -0.2) is 44.7 Å². The summed E-state index contributed by atoms with van der Waals surface area (Å²) in [5, 5.41) is 12.9. The van der Waals surface area contributed by atoms with E-state index in [0.29, 0.717) is 19.6 Å². The molecule has 1 aliphatic rings. The molecule has 0 aromatic heterocycles. The van der Waals surface area contributed by atoms with Crippen molar-refractivity contribution < 1.29 is 19.3 Å². The maximum atomic E-state index is 9.59. The molecule has 2 unspecified atom stereocenters. The van der Waals surface area contributed by atoms with Crippen LogP contribution in [0.3, 0.4) is 0 Å². The Morgan fingerprint density at radius 2 is 2.24 bits per heavy atom. The topological polar surface area (TPSA) is 60.0 Å². The first-order valence-electron chi connectivity index (χ1n) is 7.38. The van der Waals surface area contributed by atoms with E-state index in [0.717, 1.165) is 30.0 Å². The van der Waals surface area contributed by atoms with Gasteiger partial charge in [-0.2, -0.15) is 0 Å². The molecule has 0 fully saturated rings. The van der Waals surface area contributed by atoms with Crippen molar-refractivity contribution in [3.63, 3.8) is 0 Å². The number of rotatable bonds is 8. The first-order chi connectivity index (χ1) is 10.1. The minimum Gasteiger partial charge on any atom is -0.496 e. The van der Waals surface area contributed by atoms with Crippen LogP contribution in [0.5, 0.6) is 11.5 Å². The molecule has 0 saturated heterocycles. The van der Waals surface area contributed by atoms with E-state index < -0.39 is 6.10 Å². The van der Waals surface area contributed by atoms with E-state index in [9.17, 15) is 5.11 Å². The lowest BCUT2D eigenvalue weighted by Crippen LogP contribution is -2.23. The molecule has 0 aliphatic carbocycles. The van der Waals surface area contributed by atoms with Crippen molar-refractivity contribution >= 4 is 0 Å². The molecule has 2 rings (SSSR count). The van der Waals surface area contributed by atoms with Gasteiger partial charge in [0.1, 0.15) is 17.6 Å². The average molecular weight is 295 g/mol. The summed E-state index contributed by atoms with van der Waals surface area (Å²) >= 11 is 0. The molecule has 1 heterocycles. The summed E-state index contributed by atoms with van der Waals surface area (Å²) in [4.78, 5) is 0. The van der Waals surface area contributed by atoms with Crippen LogP contribution in [0.15, 0.2) is 12.1 Å². The Morgan fingerprint density at radius 3 is 2.95 bits per heavy atom. The van der Waals surface area contributed by atoms with Crippen LogP contribution < -0.4 is 14.8 Å². The van der Waals surface area contributed by atoms with Gasteiger partial charge in [-0.1, -0.05) is 0 Å². The molecule has 118 valence electrons. The summed E-state index contributed by atoms with van der Waals surface area (Å²) in [6.45, 7) is 3.85. The van der Waals surface area contributed by atoms with Gasteiger partial charge in [0.2, 0.25) is 0 Å². The number of fused-ring (bicyclic) bond motifs is 1. The van der Waals surface area contributed by atoms with Gasteiger partial charge in [-0.15, -0.1) is 0 Å². The van der Waals surface area contributed by atoms with Crippen molar-refractivity contribution in [2.45, 2.75) is 38.5 Å². The van der Waals surface area contributed by atoms with Crippen LogP contribution in [0.1, 0.15) is 24.5 Å². The van der Waals surface area contributed by atoms with Crippen LogP contribution in [0.4, 0.5) is 0 Å². The smallest absolute Gasteiger partial charge is 0.123 e. The molecule has 1 aromatic carbocycles. The molecule has 0 bridgehead atoms. The normalized spacial score (nSPS) is 18.2. The molecular formula is C16H25NO4. The number of ether oxygens (including phenoxy) is 3. The standard InChI is InChI=1S/C16H25NO4/c1-11-6-12-7-15(20-3)13(8-16(12)21-11)9-17-5-4-14(18)10-19-2/h7-8,11,14,17-18H,4-6,9-10H2,1-3H3. The molecule has 21 heavy (non-hydrogen) atoms. The number of benzene rings is 1. The Bertz CT molecular complexity index is 464. The Hall–Kier alpha value is -1.30. The van der Waals surface area contributed by atoms with Crippen molar-refractivity contribution in [2.24, 2.45) is 0 Å². The second-order valence-corrected chi connectivity index (χ2v) is 5.48. The van der Waals surface area contributed by atoms with Crippen LogP contribution >= 0.6 is 0 Å². The van der Waals surface area contributed by atoms with Gasteiger partial charge in [0.05, 0.1) is 19.8 Å². The predicted molar refractivity (Wildman–Crippen MR) is 81.0 cm³/mol. The van der Waals surface area contributed by atoms with E-state index in [1.54, 1.807) is 14.2 Å². The molecule has 5 nitrogen and oxygen atoms in total. The van der Waals surface area contributed by atoms with Crippen molar-refractivity contribution in [1.29, 1.82) is 0 Å². The van der Waals surface area contributed by atoms with Gasteiger partial charge in [0, 0.05) is 31.2 Å². The molecule has 1 aromatic rings. The van der Waals surface area contributed by atoms with E-state index in [1.807, 2.05) is 0 Å². The number of nitrogens with one attached hydrogen (secondary N) is 1. The summed E-state index contributed by atoms with van der Waals surface area (Å²) in [5.41, 5.74) is 2.28. The van der Waals surface area contributed by atoms with Gasteiger partial charge in [-0.05, 0) is 32.0 Å². The fourth-order valence-corrected chi connectivity index (χ4v) is 2.58. The monoisotopic (exact) mass is 295 g/mol. The van der Waals surface area contributed by atoms with Gasteiger partial charge >= 0.3 is 0 Å². The Balaban J connectivity index is 1.89. The van der Waals surface area contributed by atoms with Crippen LogP contribution in [0.2, 0.25) is 0 Å². The SMILES string of the molecule is COCC(O)CCNCc1cc2c(cc1OC)CC(C)O2. The van der Waals surface area contributed by atoms with Gasteiger partial charge in [0.15, 0.2) is 0 Å². The zero-order valence-corrected chi connectivity index (χ0v) is 13.0. The quantitative estimate of drug-likeness (QED) is 0.712. The Kier molecular flexibility index (Phi) is 5.85. The number of hydrogen-bond acceptors (Lipinski definition) is 5. The summed E-state index contributed by atoms with van der Waals surface area (Å²) in [6, 6.07) is 4.12. The molecule has 1 aliphatic heterocycles. The van der Waals surface area contributed by atoms with Crippen LogP contribution in [0.25, 0.3) is 0 Å². The van der Waals surface area contributed by atoms with Gasteiger partial charge in [-0.25, -0.2) is 0 Å². The van der Waals surface area contributed by atoms with Crippen molar-refractivity contribution in [3.05, 3.63) is 23.3 Å². The Labute approximate surface area is 126 Å². The molecule has 0 spiro atoms. The Morgan fingerprint density at radius 1 is 1.43 bits per heavy atom. The number of methoxy groups -OCH3 is 2. The molecule has 0 amide bonds. The predicted octanol–water partition coefficient (Wildman–Crippen LogP) is 1.51. The highest BCUT2D eigenvalue weighted by Gasteiger charge is 2.21. The zero-order chi connectivity index (χ0) is 15.2. The lowest BCUT2D eigenvalue weighted by Gasteiger charge is -2.13. The molecule has 0 radical (unpaired) electrons. The first-order valence-corrected chi connectivity index (χ1v) is 7.38. The number of hydrogen-bond donors (Lipinski definition) is 2. The molecular weight excluding hydrogens is 270 g/mol. The van der Waals surface area contributed by atoms with E-state index in [4.69, 9.17) is 14.2 Å². The van der Waals surface area contributed by atoms with E-state index in [1.165, 1.54) is 5.56 Å². The zero-order valence-electron chi connectivity index (χ0n) is 13.0. The maximum absolute atomic E-state index is 9.59. The largest absolute Gasteiger partial charge is 0.496 e.